The minimum Gasteiger partial charge on any atom is -0.349 e. The van der Waals surface area contributed by atoms with Gasteiger partial charge in [0, 0.05) is 34.6 Å². The van der Waals surface area contributed by atoms with Crippen molar-refractivity contribution in [3.8, 4) is 0 Å². The molecule has 1 atom stereocenters. The average molecular weight is 339 g/mol. The van der Waals surface area contributed by atoms with E-state index in [0.29, 0.717) is 5.56 Å². The number of nitrogens with zero attached hydrogens (tertiary/aromatic N) is 2. The number of hydrogen-bond acceptors (Lipinski definition) is 4. The van der Waals surface area contributed by atoms with E-state index in [1.54, 1.807) is 11.3 Å². The first kappa shape index (κ1) is 16.6. The van der Waals surface area contributed by atoms with Crippen molar-refractivity contribution >= 4 is 28.1 Å². The molecule has 0 aliphatic heterocycles. The van der Waals surface area contributed by atoms with Gasteiger partial charge in [0.15, 0.2) is 0 Å². The first-order valence-electron chi connectivity index (χ1n) is 8.01. The minimum atomic E-state index is -0.0486. The molecule has 1 aromatic carbocycles. The summed E-state index contributed by atoms with van der Waals surface area (Å²) in [5.74, 6) is -0.0486. The Morgan fingerprint density at radius 2 is 2.04 bits per heavy atom. The predicted octanol–water partition coefficient (Wildman–Crippen LogP) is 3.98. The zero-order chi connectivity index (χ0) is 17.3. The van der Waals surface area contributed by atoms with Crippen LogP contribution >= 0.6 is 11.3 Å². The van der Waals surface area contributed by atoms with Gasteiger partial charge < -0.3 is 5.32 Å². The van der Waals surface area contributed by atoms with E-state index < -0.39 is 0 Å². The van der Waals surface area contributed by atoms with Crippen molar-refractivity contribution in [2.45, 2.75) is 40.2 Å². The van der Waals surface area contributed by atoms with E-state index in [9.17, 15) is 4.79 Å². The number of benzene rings is 1. The lowest BCUT2D eigenvalue weighted by Gasteiger charge is -2.15. The monoisotopic (exact) mass is 339 g/mol. The van der Waals surface area contributed by atoms with Crippen molar-refractivity contribution < 1.29 is 4.79 Å². The van der Waals surface area contributed by atoms with Crippen LogP contribution in [0.5, 0.6) is 0 Å². The molecule has 5 heteroatoms. The lowest BCUT2D eigenvalue weighted by molar-refractivity contribution is 0.0941. The van der Waals surface area contributed by atoms with Crippen LogP contribution in [-0.4, -0.2) is 21.9 Å². The van der Waals surface area contributed by atoms with E-state index in [2.05, 4.69) is 21.4 Å². The molecular weight excluding hydrogens is 318 g/mol. The number of aromatic nitrogens is 2. The summed E-state index contributed by atoms with van der Waals surface area (Å²) in [7, 11) is 0. The van der Waals surface area contributed by atoms with Crippen molar-refractivity contribution in [3.05, 3.63) is 57.2 Å². The van der Waals surface area contributed by atoms with Crippen LogP contribution in [0.1, 0.15) is 39.0 Å². The minimum absolute atomic E-state index is 0.0485. The smallest absolute Gasteiger partial charge is 0.252 e. The van der Waals surface area contributed by atoms with E-state index in [1.807, 2.05) is 51.5 Å². The van der Waals surface area contributed by atoms with E-state index in [0.717, 1.165) is 34.1 Å². The van der Waals surface area contributed by atoms with Crippen molar-refractivity contribution in [3.63, 3.8) is 0 Å². The Kier molecular flexibility index (Phi) is 4.62. The van der Waals surface area contributed by atoms with Crippen LogP contribution in [0.25, 0.3) is 10.9 Å². The van der Waals surface area contributed by atoms with Gasteiger partial charge in [0.25, 0.3) is 5.91 Å². The van der Waals surface area contributed by atoms with Gasteiger partial charge in [-0.1, -0.05) is 11.6 Å². The highest BCUT2D eigenvalue weighted by molar-refractivity contribution is 7.09. The third-order valence-electron chi connectivity index (χ3n) is 3.99. The van der Waals surface area contributed by atoms with Crippen LogP contribution in [0, 0.1) is 20.8 Å². The molecule has 2 heterocycles. The summed E-state index contributed by atoms with van der Waals surface area (Å²) in [6.07, 6.45) is 2.64. The molecular formula is C19H21N3OS. The van der Waals surface area contributed by atoms with Gasteiger partial charge in [-0.25, -0.2) is 0 Å². The Hall–Kier alpha value is -2.27. The number of carbonyl (C=O) groups excluding carboxylic acids is 1. The maximum Gasteiger partial charge on any atom is 0.252 e. The van der Waals surface area contributed by atoms with Crippen molar-refractivity contribution in [1.82, 2.24) is 15.3 Å². The summed E-state index contributed by atoms with van der Waals surface area (Å²) in [6, 6.07) is 6.06. The van der Waals surface area contributed by atoms with Crippen LogP contribution in [-0.2, 0) is 6.42 Å². The molecule has 1 N–H and O–H groups in total. The number of carbonyl (C=O) groups is 1. The number of aryl methyl sites for hydroxylation is 3. The Labute approximate surface area is 146 Å². The summed E-state index contributed by atoms with van der Waals surface area (Å²) in [5.41, 5.74) is 6.50. The van der Waals surface area contributed by atoms with E-state index in [1.165, 1.54) is 4.88 Å². The van der Waals surface area contributed by atoms with Gasteiger partial charge in [-0.15, -0.1) is 11.3 Å². The van der Waals surface area contributed by atoms with Gasteiger partial charge >= 0.3 is 0 Å². The zero-order valence-electron chi connectivity index (χ0n) is 14.4. The first-order chi connectivity index (χ1) is 11.4. The lowest BCUT2D eigenvalue weighted by atomic mass is 10.0. The highest BCUT2D eigenvalue weighted by Gasteiger charge is 2.16. The van der Waals surface area contributed by atoms with Gasteiger partial charge in [0.2, 0.25) is 0 Å². The SMILES string of the molecule is Cc1cc(C)c2nc(C)cc(C(=O)N[C@H](C)Cc3cncs3)c2c1. The quantitative estimate of drug-likeness (QED) is 0.782. The molecule has 0 saturated heterocycles. The second-order valence-electron chi connectivity index (χ2n) is 6.34. The first-order valence-corrected chi connectivity index (χ1v) is 8.89. The Bertz CT molecular complexity index is 887. The summed E-state index contributed by atoms with van der Waals surface area (Å²) in [6.45, 7) is 8.02. The number of fused-ring (bicyclic) bond motifs is 1. The van der Waals surface area contributed by atoms with Crippen LogP contribution in [0.4, 0.5) is 0 Å². The van der Waals surface area contributed by atoms with E-state index >= 15 is 0 Å². The molecule has 0 radical (unpaired) electrons. The van der Waals surface area contributed by atoms with Crippen LogP contribution in [0.3, 0.4) is 0 Å². The largest absolute Gasteiger partial charge is 0.349 e. The lowest BCUT2D eigenvalue weighted by Crippen LogP contribution is -2.34. The highest BCUT2D eigenvalue weighted by atomic mass is 32.1. The van der Waals surface area contributed by atoms with Gasteiger partial charge in [-0.2, -0.15) is 0 Å². The highest BCUT2D eigenvalue weighted by Crippen LogP contribution is 2.23. The Morgan fingerprint density at radius 1 is 1.25 bits per heavy atom. The topological polar surface area (TPSA) is 54.9 Å². The fraction of sp³-hybridized carbons (Fsp3) is 0.316. The van der Waals surface area contributed by atoms with Crippen LogP contribution in [0.2, 0.25) is 0 Å². The normalized spacial score (nSPS) is 12.3. The fourth-order valence-corrected chi connectivity index (χ4v) is 3.72. The van der Waals surface area contributed by atoms with Crippen LogP contribution < -0.4 is 5.32 Å². The zero-order valence-corrected chi connectivity index (χ0v) is 15.2. The number of thiazole rings is 1. The van der Waals surface area contributed by atoms with E-state index in [-0.39, 0.29) is 11.9 Å². The maximum atomic E-state index is 12.8. The standard InChI is InChI=1S/C19H21N3OS/c1-11-5-12(2)18-16(6-11)17(8-14(4)21-18)19(23)22-13(3)7-15-9-20-10-24-15/h5-6,8-10,13H,7H2,1-4H3,(H,22,23)/t13-/m1/s1. The number of hydrogen-bond donors (Lipinski definition) is 1. The molecule has 0 bridgehead atoms. The Balaban J connectivity index is 1.91. The molecule has 3 aromatic rings. The van der Waals surface area contributed by atoms with Crippen molar-refractivity contribution in [1.29, 1.82) is 0 Å². The van der Waals surface area contributed by atoms with Gasteiger partial charge in [0.1, 0.15) is 0 Å². The number of pyridine rings is 1. The van der Waals surface area contributed by atoms with Crippen LogP contribution in [0.15, 0.2) is 29.9 Å². The molecule has 1 amide bonds. The van der Waals surface area contributed by atoms with Gasteiger partial charge in [0.05, 0.1) is 16.6 Å². The molecule has 124 valence electrons. The van der Waals surface area contributed by atoms with Crippen molar-refractivity contribution in [2.75, 3.05) is 0 Å². The number of amides is 1. The van der Waals surface area contributed by atoms with Gasteiger partial charge in [-0.3, -0.25) is 14.8 Å². The van der Waals surface area contributed by atoms with Gasteiger partial charge in [-0.05, 0) is 45.4 Å². The summed E-state index contributed by atoms with van der Waals surface area (Å²) >= 11 is 1.61. The third-order valence-corrected chi connectivity index (χ3v) is 4.79. The molecule has 0 saturated carbocycles. The molecule has 24 heavy (non-hydrogen) atoms. The Morgan fingerprint density at radius 3 is 2.75 bits per heavy atom. The maximum absolute atomic E-state index is 12.8. The summed E-state index contributed by atoms with van der Waals surface area (Å²) in [4.78, 5) is 22.7. The third kappa shape index (κ3) is 3.46. The van der Waals surface area contributed by atoms with E-state index in [4.69, 9.17) is 0 Å². The molecule has 0 unspecified atom stereocenters. The van der Waals surface area contributed by atoms with Crippen molar-refractivity contribution in [2.24, 2.45) is 0 Å². The fourth-order valence-electron chi connectivity index (χ4n) is 2.99. The molecule has 0 aliphatic rings. The molecule has 2 aromatic heterocycles. The second-order valence-corrected chi connectivity index (χ2v) is 7.31. The predicted molar refractivity (Wildman–Crippen MR) is 98.7 cm³/mol. The molecule has 3 rings (SSSR count). The number of rotatable bonds is 4. The molecule has 0 spiro atoms. The second kappa shape index (κ2) is 6.69. The number of nitrogens with one attached hydrogen (secondary N) is 1. The summed E-state index contributed by atoms with van der Waals surface area (Å²) < 4.78 is 0. The molecule has 0 fully saturated rings. The molecule has 4 nitrogen and oxygen atoms in total. The molecule has 0 aliphatic carbocycles. The average Bonchev–Trinajstić information content (AvgIpc) is 3.00. The summed E-state index contributed by atoms with van der Waals surface area (Å²) in [5, 5.41) is 4.02.